The van der Waals surface area contributed by atoms with Crippen LogP contribution in [-0.2, 0) is 0 Å². The highest BCUT2D eigenvalue weighted by molar-refractivity contribution is 8.59. The lowest BCUT2D eigenvalue weighted by Crippen LogP contribution is -1.84. The van der Waals surface area contributed by atoms with Gasteiger partial charge in [-0.2, -0.15) is 0 Å². The van der Waals surface area contributed by atoms with Gasteiger partial charge in [-0.15, -0.1) is 46.0 Å². The van der Waals surface area contributed by atoms with E-state index in [1.165, 1.54) is 41.7 Å². The molecule has 0 amide bonds. The molecular formula is C27H19NS4. The van der Waals surface area contributed by atoms with Gasteiger partial charge in [-0.3, -0.25) is 4.98 Å². The van der Waals surface area contributed by atoms with E-state index in [2.05, 4.69) is 113 Å². The first kappa shape index (κ1) is 21.3. The van der Waals surface area contributed by atoms with Crippen LogP contribution >= 0.6 is 46.0 Å². The summed E-state index contributed by atoms with van der Waals surface area (Å²) in [5, 5.41) is 4.80. The molecular weight excluding hydrogens is 467 g/mol. The third-order valence-electron chi connectivity index (χ3n) is 5.43. The average molecular weight is 486 g/mol. The second-order valence-corrected chi connectivity index (χ2v) is 9.33. The van der Waals surface area contributed by atoms with E-state index in [4.69, 9.17) is 0 Å². The highest BCUT2D eigenvalue weighted by atomic mass is 33.1. The van der Waals surface area contributed by atoms with Gasteiger partial charge in [0.25, 0.3) is 0 Å². The number of rotatable bonds is 3. The van der Waals surface area contributed by atoms with Crippen molar-refractivity contribution in [2.75, 3.05) is 0 Å². The third kappa shape index (κ3) is 4.09. The van der Waals surface area contributed by atoms with Crippen molar-refractivity contribution < 1.29 is 0 Å². The Morgan fingerprint density at radius 2 is 1.31 bits per heavy atom. The Kier molecular flexibility index (Phi) is 6.32. The number of fused-ring (bicyclic) bond motifs is 3. The Hall–Kier alpha value is -2.57. The number of pyridine rings is 1. The number of thiol groups is 2. The minimum Gasteiger partial charge on any atom is -0.256 e. The Balaban J connectivity index is 0.00000105. The molecule has 32 heavy (non-hydrogen) atoms. The van der Waals surface area contributed by atoms with Gasteiger partial charge in [0, 0.05) is 36.8 Å². The Morgan fingerprint density at radius 3 is 2.03 bits per heavy atom. The zero-order valence-corrected chi connectivity index (χ0v) is 20.4. The molecule has 1 nitrogen and oxygen atoms in total. The van der Waals surface area contributed by atoms with E-state index >= 15 is 0 Å². The van der Waals surface area contributed by atoms with Crippen LogP contribution in [0, 0.1) is 0 Å². The predicted octanol–water partition coefficient (Wildman–Crippen LogP) is 9.27. The van der Waals surface area contributed by atoms with E-state index in [-0.39, 0.29) is 0 Å². The summed E-state index contributed by atoms with van der Waals surface area (Å²) >= 11 is 10.1. The molecule has 6 aromatic rings. The lowest BCUT2D eigenvalue weighted by molar-refractivity contribution is 1.33. The second-order valence-electron chi connectivity index (χ2n) is 7.30. The highest BCUT2D eigenvalue weighted by Crippen LogP contribution is 2.39. The van der Waals surface area contributed by atoms with E-state index in [9.17, 15) is 0 Å². The van der Waals surface area contributed by atoms with E-state index in [1.54, 1.807) is 11.3 Å². The van der Waals surface area contributed by atoms with Crippen LogP contribution in [0.4, 0.5) is 0 Å². The Bertz CT molecular complexity index is 1490. The molecule has 0 saturated heterocycles. The summed E-state index contributed by atoms with van der Waals surface area (Å²) in [4.78, 5) is 5.82. The van der Waals surface area contributed by atoms with Crippen LogP contribution in [0.3, 0.4) is 0 Å². The van der Waals surface area contributed by atoms with Gasteiger partial charge >= 0.3 is 0 Å². The number of thiophene rings is 2. The van der Waals surface area contributed by atoms with E-state index in [0.29, 0.717) is 0 Å². The van der Waals surface area contributed by atoms with Gasteiger partial charge in [0.2, 0.25) is 0 Å². The lowest BCUT2D eigenvalue weighted by atomic mass is 9.99. The zero-order valence-electron chi connectivity index (χ0n) is 17.0. The molecule has 0 radical (unpaired) electrons. The van der Waals surface area contributed by atoms with Gasteiger partial charge in [0.05, 0.1) is 5.69 Å². The van der Waals surface area contributed by atoms with Gasteiger partial charge < -0.3 is 0 Å². The average Bonchev–Trinajstić information content (AvgIpc) is 3.53. The maximum Gasteiger partial charge on any atom is 0.0702 e. The summed E-state index contributed by atoms with van der Waals surface area (Å²) in [6, 6.07) is 32.7. The van der Waals surface area contributed by atoms with Crippen molar-refractivity contribution in [1.29, 1.82) is 0 Å². The van der Waals surface area contributed by atoms with Gasteiger partial charge in [-0.1, -0.05) is 42.5 Å². The third-order valence-corrected chi connectivity index (χ3v) is 7.50. The van der Waals surface area contributed by atoms with Crippen LogP contribution in [0.1, 0.15) is 0 Å². The summed E-state index contributed by atoms with van der Waals surface area (Å²) in [6.07, 6.45) is 1.84. The van der Waals surface area contributed by atoms with E-state index < -0.39 is 0 Å². The van der Waals surface area contributed by atoms with Gasteiger partial charge in [0.15, 0.2) is 0 Å². The van der Waals surface area contributed by atoms with Gasteiger partial charge in [-0.05, 0) is 70.6 Å². The standard InChI is InChI=1S/C27H17NS2.H2S2/c1-2-13-28-24(7-1)20-6-3-5-18(15-20)19-9-11-26-22(16-19)23-17-21(10-12-27(23)30-26)25-8-4-14-29-25;1-2/h1-17H;1-2H. The molecule has 0 saturated carbocycles. The van der Waals surface area contributed by atoms with Crippen molar-refractivity contribution in [3.8, 4) is 32.8 Å². The van der Waals surface area contributed by atoms with Crippen LogP contribution in [0.15, 0.2) is 103 Å². The molecule has 0 unspecified atom stereocenters. The van der Waals surface area contributed by atoms with Crippen LogP contribution < -0.4 is 0 Å². The molecule has 3 aromatic heterocycles. The first-order valence-corrected chi connectivity index (χ1v) is 13.4. The SMILES string of the molecule is SS.c1ccc(-c2cccc(-c3ccc4sc5ccc(-c6cccs6)cc5c4c3)c2)nc1. The first-order valence-electron chi connectivity index (χ1n) is 10.1. The summed E-state index contributed by atoms with van der Waals surface area (Å²) in [6.45, 7) is 0. The molecule has 0 aliphatic heterocycles. The molecule has 6 rings (SSSR count). The fourth-order valence-corrected chi connectivity index (χ4v) is 5.74. The number of hydrogen-bond acceptors (Lipinski definition) is 5. The monoisotopic (exact) mass is 485 g/mol. The molecule has 0 bridgehead atoms. The number of hydrogen-bond donors (Lipinski definition) is 2. The maximum atomic E-state index is 4.50. The lowest BCUT2D eigenvalue weighted by Gasteiger charge is -2.06. The minimum atomic E-state index is 1.00. The van der Waals surface area contributed by atoms with Crippen molar-refractivity contribution in [1.82, 2.24) is 4.98 Å². The molecule has 0 atom stereocenters. The van der Waals surface area contributed by atoms with Crippen molar-refractivity contribution in [2.45, 2.75) is 0 Å². The second kappa shape index (κ2) is 9.51. The van der Waals surface area contributed by atoms with E-state index in [0.717, 1.165) is 11.3 Å². The fraction of sp³-hybridized carbons (Fsp3) is 0. The minimum absolute atomic E-state index is 1.00. The number of benzene rings is 3. The highest BCUT2D eigenvalue weighted by Gasteiger charge is 2.10. The molecule has 3 heterocycles. The predicted molar refractivity (Wildman–Crippen MR) is 149 cm³/mol. The normalized spacial score (nSPS) is 10.8. The smallest absolute Gasteiger partial charge is 0.0702 e. The molecule has 156 valence electrons. The Morgan fingerprint density at radius 1 is 0.594 bits per heavy atom. The molecule has 0 aliphatic rings. The van der Waals surface area contributed by atoms with Crippen LogP contribution in [0.2, 0.25) is 0 Å². The summed E-state index contributed by atoms with van der Waals surface area (Å²) < 4.78 is 2.67. The van der Waals surface area contributed by atoms with E-state index in [1.807, 2.05) is 29.7 Å². The quantitative estimate of drug-likeness (QED) is 0.188. The molecule has 0 fully saturated rings. The summed E-state index contributed by atoms with van der Waals surface area (Å²) in [5.41, 5.74) is 5.89. The number of nitrogens with zero attached hydrogens (tertiary/aromatic N) is 1. The van der Waals surface area contributed by atoms with Crippen molar-refractivity contribution in [2.24, 2.45) is 0 Å². The van der Waals surface area contributed by atoms with Gasteiger partial charge in [0.1, 0.15) is 0 Å². The summed E-state index contributed by atoms with van der Waals surface area (Å²) in [7, 11) is 0. The molecule has 5 heteroatoms. The zero-order chi connectivity index (χ0) is 21.9. The van der Waals surface area contributed by atoms with Crippen LogP contribution in [0.5, 0.6) is 0 Å². The molecule has 3 aromatic carbocycles. The maximum absolute atomic E-state index is 4.50. The molecule has 0 spiro atoms. The topological polar surface area (TPSA) is 12.9 Å². The summed E-state index contributed by atoms with van der Waals surface area (Å²) in [5.74, 6) is 0. The largest absolute Gasteiger partial charge is 0.256 e. The fourth-order valence-electron chi connectivity index (χ4n) is 3.94. The van der Waals surface area contributed by atoms with Crippen molar-refractivity contribution in [3.05, 3.63) is 103 Å². The Labute approximate surface area is 205 Å². The molecule has 0 N–H and O–H groups in total. The number of aromatic nitrogens is 1. The first-order chi connectivity index (χ1) is 15.8. The van der Waals surface area contributed by atoms with Crippen molar-refractivity contribution >= 4 is 66.2 Å². The van der Waals surface area contributed by atoms with Crippen LogP contribution in [0.25, 0.3) is 53.0 Å². The van der Waals surface area contributed by atoms with Gasteiger partial charge in [-0.25, -0.2) is 0 Å². The van der Waals surface area contributed by atoms with Crippen molar-refractivity contribution in [3.63, 3.8) is 0 Å². The molecule has 0 aliphatic carbocycles. The van der Waals surface area contributed by atoms with Crippen LogP contribution in [-0.4, -0.2) is 4.98 Å².